The van der Waals surface area contributed by atoms with Crippen LogP contribution in [0.2, 0.25) is 0 Å². The number of carbonyl (C=O) groups is 2. The van der Waals surface area contributed by atoms with Crippen molar-refractivity contribution in [2.24, 2.45) is 5.41 Å². The van der Waals surface area contributed by atoms with Gasteiger partial charge in [-0.05, 0) is 20.8 Å². The zero-order valence-corrected chi connectivity index (χ0v) is 11.1. The lowest BCUT2D eigenvalue weighted by Crippen LogP contribution is -2.28. The number of methoxy groups -OCH3 is 1. The molecule has 0 aliphatic heterocycles. The molecular formula is C14H18O4. The molecule has 0 bridgehead atoms. The minimum atomic E-state index is -1.01. The van der Waals surface area contributed by atoms with Gasteiger partial charge in [-0.2, -0.15) is 0 Å². The Kier molecular flexibility index (Phi) is 4.48. The summed E-state index contributed by atoms with van der Waals surface area (Å²) in [5.41, 5.74) is -0.0666. The zero-order valence-electron chi connectivity index (χ0n) is 11.1. The Hall–Kier alpha value is -1.84. The highest BCUT2D eigenvalue weighted by Gasteiger charge is 2.31. The van der Waals surface area contributed by atoms with E-state index >= 15 is 0 Å². The van der Waals surface area contributed by atoms with Crippen LogP contribution in [-0.2, 0) is 19.1 Å². The van der Waals surface area contributed by atoms with Crippen molar-refractivity contribution < 1.29 is 19.1 Å². The maximum atomic E-state index is 11.8. The lowest BCUT2D eigenvalue weighted by molar-refractivity contribution is -0.172. The third-order valence-electron chi connectivity index (χ3n) is 2.35. The number of esters is 2. The normalized spacial score (nSPS) is 12.7. The quantitative estimate of drug-likeness (QED) is 0.773. The van der Waals surface area contributed by atoms with E-state index in [-0.39, 0.29) is 0 Å². The molecule has 4 heteroatoms. The molecule has 0 aliphatic rings. The molecule has 1 aromatic rings. The average Bonchev–Trinajstić information content (AvgIpc) is 2.34. The zero-order chi connectivity index (χ0) is 13.8. The van der Waals surface area contributed by atoms with E-state index in [2.05, 4.69) is 4.74 Å². The number of hydrogen-bond acceptors (Lipinski definition) is 4. The highest BCUT2D eigenvalue weighted by atomic mass is 16.6. The smallest absolute Gasteiger partial charge is 0.351 e. The summed E-state index contributed by atoms with van der Waals surface area (Å²) in [5.74, 6) is -1.03. The molecule has 0 heterocycles. The summed E-state index contributed by atoms with van der Waals surface area (Å²) in [4.78, 5) is 23.5. The molecule has 0 N–H and O–H groups in total. The van der Waals surface area contributed by atoms with Gasteiger partial charge in [0, 0.05) is 5.56 Å². The van der Waals surface area contributed by atoms with E-state index in [4.69, 9.17) is 4.74 Å². The van der Waals surface area contributed by atoms with Crippen LogP contribution in [0.25, 0.3) is 0 Å². The Morgan fingerprint density at radius 2 is 1.67 bits per heavy atom. The lowest BCUT2D eigenvalue weighted by Gasteiger charge is -2.22. The van der Waals surface area contributed by atoms with Crippen LogP contribution in [0.1, 0.15) is 32.4 Å². The first-order chi connectivity index (χ1) is 8.36. The fraction of sp³-hybridized carbons (Fsp3) is 0.429. The van der Waals surface area contributed by atoms with Crippen molar-refractivity contribution in [1.29, 1.82) is 0 Å². The van der Waals surface area contributed by atoms with E-state index in [0.29, 0.717) is 5.56 Å². The Morgan fingerprint density at radius 3 is 2.11 bits per heavy atom. The highest BCUT2D eigenvalue weighted by Crippen LogP contribution is 2.24. The number of hydrogen-bond donors (Lipinski definition) is 0. The third-order valence-corrected chi connectivity index (χ3v) is 2.35. The second-order valence-electron chi connectivity index (χ2n) is 4.97. The van der Waals surface area contributed by atoms with Crippen LogP contribution in [0.5, 0.6) is 0 Å². The van der Waals surface area contributed by atoms with Gasteiger partial charge < -0.3 is 9.47 Å². The molecule has 0 saturated heterocycles. The molecule has 1 atom stereocenters. The van der Waals surface area contributed by atoms with Crippen LogP contribution >= 0.6 is 0 Å². The highest BCUT2D eigenvalue weighted by molar-refractivity contribution is 5.82. The second kappa shape index (κ2) is 5.67. The summed E-state index contributed by atoms with van der Waals surface area (Å²) in [5, 5.41) is 0. The molecular weight excluding hydrogens is 232 g/mol. The fourth-order valence-corrected chi connectivity index (χ4v) is 1.27. The predicted molar refractivity (Wildman–Crippen MR) is 66.7 cm³/mol. The van der Waals surface area contributed by atoms with Gasteiger partial charge in [0.1, 0.15) is 0 Å². The Morgan fingerprint density at radius 1 is 1.11 bits per heavy atom. The molecule has 4 nitrogen and oxygen atoms in total. The summed E-state index contributed by atoms with van der Waals surface area (Å²) < 4.78 is 9.90. The van der Waals surface area contributed by atoms with E-state index < -0.39 is 23.5 Å². The SMILES string of the molecule is COC(=O)C(OC(=O)C(C)(C)C)c1ccccc1. The van der Waals surface area contributed by atoms with Gasteiger partial charge in [0.15, 0.2) is 0 Å². The van der Waals surface area contributed by atoms with Crippen LogP contribution in [0.15, 0.2) is 30.3 Å². The summed E-state index contributed by atoms with van der Waals surface area (Å²) in [6.07, 6.45) is -1.01. The van der Waals surface area contributed by atoms with Gasteiger partial charge in [-0.1, -0.05) is 30.3 Å². The van der Waals surface area contributed by atoms with E-state index in [1.807, 2.05) is 6.07 Å². The third kappa shape index (κ3) is 3.58. The number of rotatable bonds is 3. The summed E-state index contributed by atoms with van der Waals surface area (Å²) >= 11 is 0. The Bertz CT molecular complexity index is 417. The molecule has 0 radical (unpaired) electrons. The van der Waals surface area contributed by atoms with Crippen molar-refractivity contribution in [3.05, 3.63) is 35.9 Å². The molecule has 1 aromatic carbocycles. The predicted octanol–water partition coefficient (Wildman–Crippen LogP) is 2.49. The van der Waals surface area contributed by atoms with Crippen molar-refractivity contribution in [1.82, 2.24) is 0 Å². The first-order valence-electron chi connectivity index (χ1n) is 5.70. The Balaban J connectivity index is 2.95. The standard InChI is InChI=1S/C14H18O4/c1-14(2,3)13(16)18-11(12(15)17-4)10-8-6-5-7-9-10/h5-9,11H,1-4H3. The Labute approximate surface area is 107 Å². The number of ether oxygens (including phenoxy) is 2. The van der Waals surface area contributed by atoms with Gasteiger partial charge >= 0.3 is 11.9 Å². The number of benzene rings is 1. The van der Waals surface area contributed by atoms with Crippen LogP contribution < -0.4 is 0 Å². The van der Waals surface area contributed by atoms with Crippen LogP contribution in [0.3, 0.4) is 0 Å². The van der Waals surface area contributed by atoms with Crippen LogP contribution in [0, 0.1) is 5.41 Å². The maximum Gasteiger partial charge on any atom is 0.351 e. The van der Waals surface area contributed by atoms with Crippen molar-refractivity contribution in [2.45, 2.75) is 26.9 Å². The van der Waals surface area contributed by atoms with Crippen LogP contribution in [-0.4, -0.2) is 19.0 Å². The lowest BCUT2D eigenvalue weighted by atomic mass is 9.97. The van der Waals surface area contributed by atoms with Gasteiger partial charge in [-0.25, -0.2) is 4.79 Å². The molecule has 0 fully saturated rings. The minimum Gasteiger partial charge on any atom is -0.466 e. The first-order valence-corrected chi connectivity index (χ1v) is 5.70. The summed E-state index contributed by atoms with van der Waals surface area (Å²) in [7, 11) is 1.27. The largest absolute Gasteiger partial charge is 0.466 e. The van der Waals surface area contributed by atoms with E-state index in [0.717, 1.165) is 0 Å². The topological polar surface area (TPSA) is 52.6 Å². The second-order valence-corrected chi connectivity index (χ2v) is 4.97. The number of carbonyl (C=O) groups excluding carboxylic acids is 2. The van der Waals surface area contributed by atoms with Crippen LogP contribution in [0.4, 0.5) is 0 Å². The van der Waals surface area contributed by atoms with Crippen molar-refractivity contribution >= 4 is 11.9 Å². The van der Waals surface area contributed by atoms with Crippen molar-refractivity contribution in [3.63, 3.8) is 0 Å². The van der Waals surface area contributed by atoms with Gasteiger partial charge in [0.05, 0.1) is 12.5 Å². The first kappa shape index (κ1) is 14.2. The fourth-order valence-electron chi connectivity index (χ4n) is 1.27. The van der Waals surface area contributed by atoms with Gasteiger partial charge in [-0.3, -0.25) is 4.79 Å². The minimum absolute atomic E-state index is 0.443. The maximum absolute atomic E-state index is 11.8. The van der Waals surface area contributed by atoms with E-state index in [1.165, 1.54) is 7.11 Å². The molecule has 0 aliphatic carbocycles. The molecule has 0 aromatic heterocycles. The molecule has 0 spiro atoms. The molecule has 0 saturated carbocycles. The molecule has 18 heavy (non-hydrogen) atoms. The van der Waals surface area contributed by atoms with E-state index in [9.17, 15) is 9.59 Å². The summed E-state index contributed by atoms with van der Waals surface area (Å²) in [6, 6.07) is 8.81. The summed E-state index contributed by atoms with van der Waals surface area (Å²) in [6.45, 7) is 5.19. The molecule has 98 valence electrons. The van der Waals surface area contributed by atoms with Gasteiger partial charge in [0.25, 0.3) is 0 Å². The van der Waals surface area contributed by atoms with Gasteiger partial charge in [-0.15, -0.1) is 0 Å². The molecule has 0 amide bonds. The van der Waals surface area contributed by atoms with Gasteiger partial charge in [0.2, 0.25) is 6.10 Å². The van der Waals surface area contributed by atoms with Crippen molar-refractivity contribution in [2.75, 3.05) is 7.11 Å². The average molecular weight is 250 g/mol. The molecule has 1 rings (SSSR count). The van der Waals surface area contributed by atoms with E-state index in [1.54, 1.807) is 45.0 Å². The molecule has 1 unspecified atom stereocenters. The monoisotopic (exact) mass is 250 g/mol. The van der Waals surface area contributed by atoms with Crippen molar-refractivity contribution in [3.8, 4) is 0 Å².